The zero-order valence-electron chi connectivity index (χ0n) is 9.98. The predicted molar refractivity (Wildman–Crippen MR) is 68.1 cm³/mol. The third-order valence-electron chi connectivity index (χ3n) is 1.88. The van der Waals surface area contributed by atoms with Crippen LogP contribution in [0, 0.1) is 6.92 Å². The Hall–Kier alpha value is -1.69. The maximum atomic E-state index is 11.3. The van der Waals surface area contributed by atoms with Gasteiger partial charge in [0.15, 0.2) is 0 Å². The molecule has 5 nitrogen and oxygen atoms in total. The number of hydrazone groups is 1. The maximum Gasteiger partial charge on any atom is 0.329 e. The summed E-state index contributed by atoms with van der Waals surface area (Å²) in [7, 11) is 0. The van der Waals surface area contributed by atoms with Crippen LogP contribution in [0.25, 0.3) is 0 Å². The van der Waals surface area contributed by atoms with Crippen molar-refractivity contribution in [3.8, 4) is 0 Å². The highest BCUT2D eigenvalue weighted by atomic mass is 32.1. The monoisotopic (exact) mass is 253 g/mol. The van der Waals surface area contributed by atoms with E-state index in [1.807, 2.05) is 18.4 Å². The van der Waals surface area contributed by atoms with Crippen molar-refractivity contribution < 1.29 is 9.59 Å². The lowest BCUT2D eigenvalue weighted by Crippen LogP contribution is -2.41. The first-order valence-corrected chi connectivity index (χ1v) is 6.06. The molecule has 17 heavy (non-hydrogen) atoms. The van der Waals surface area contributed by atoms with Gasteiger partial charge in [0.2, 0.25) is 0 Å². The Morgan fingerprint density at radius 1 is 1.41 bits per heavy atom. The van der Waals surface area contributed by atoms with Crippen LogP contribution in [0.3, 0.4) is 0 Å². The summed E-state index contributed by atoms with van der Waals surface area (Å²) >= 11 is 1.52. The number of hydrogen-bond donors (Lipinski definition) is 2. The summed E-state index contributed by atoms with van der Waals surface area (Å²) < 4.78 is 0. The quantitative estimate of drug-likeness (QED) is 0.480. The van der Waals surface area contributed by atoms with Gasteiger partial charge in [0, 0.05) is 10.9 Å². The van der Waals surface area contributed by atoms with E-state index in [9.17, 15) is 9.59 Å². The zero-order chi connectivity index (χ0) is 12.8. The Kier molecular flexibility index (Phi) is 4.84. The highest BCUT2D eigenvalue weighted by Gasteiger charge is 2.12. The van der Waals surface area contributed by atoms with Crippen LogP contribution in [0.15, 0.2) is 16.5 Å². The Morgan fingerprint density at radius 2 is 2.12 bits per heavy atom. The first kappa shape index (κ1) is 13.4. The normalized spacial score (nSPS) is 10.8. The molecule has 0 aromatic carbocycles. The highest BCUT2D eigenvalue weighted by molar-refractivity contribution is 7.11. The summed E-state index contributed by atoms with van der Waals surface area (Å²) in [6, 6.07) is 1.89. The molecule has 6 heteroatoms. The van der Waals surface area contributed by atoms with E-state index in [4.69, 9.17) is 0 Å². The van der Waals surface area contributed by atoms with Crippen LogP contribution < -0.4 is 10.7 Å². The van der Waals surface area contributed by atoms with Crippen molar-refractivity contribution >= 4 is 29.4 Å². The molecule has 1 aromatic rings. The number of thiophene rings is 1. The second-order valence-electron chi connectivity index (χ2n) is 3.80. The molecule has 0 aliphatic heterocycles. The molecule has 0 fully saturated rings. The van der Waals surface area contributed by atoms with Crippen LogP contribution >= 0.6 is 11.3 Å². The number of hydrogen-bond acceptors (Lipinski definition) is 4. The molecule has 0 unspecified atom stereocenters. The van der Waals surface area contributed by atoms with E-state index in [0.29, 0.717) is 0 Å². The van der Waals surface area contributed by atoms with E-state index in [0.717, 1.165) is 10.4 Å². The van der Waals surface area contributed by atoms with Crippen LogP contribution in [0.1, 0.15) is 24.3 Å². The molecule has 1 aromatic heterocycles. The molecule has 0 aliphatic carbocycles. The van der Waals surface area contributed by atoms with E-state index in [2.05, 4.69) is 15.8 Å². The average Bonchev–Trinajstić information content (AvgIpc) is 2.63. The molecular formula is C11H15N3O2S. The molecule has 0 aliphatic rings. The minimum atomic E-state index is -0.760. The minimum Gasteiger partial charge on any atom is -0.346 e. The van der Waals surface area contributed by atoms with Crippen LogP contribution in [-0.2, 0) is 9.59 Å². The van der Waals surface area contributed by atoms with Crippen molar-refractivity contribution in [2.75, 3.05) is 0 Å². The third-order valence-corrected chi connectivity index (χ3v) is 2.83. The number of nitrogens with one attached hydrogen (secondary N) is 2. The van der Waals surface area contributed by atoms with Crippen molar-refractivity contribution in [3.63, 3.8) is 0 Å². The van der Waals surface area contributed by atoms with Gasteiger partial charge in [-0.05, 0) is 37.8 Å². The fourth-order valence-electron chi connectivity index (χ4n) is 1.04. The molecule has 2 N–H and O–H groups in total. The topological polar surface area (TPSA) is 70.6 Å². The largest absolute Gasteiger partial charge is 0.346 e. The number of carbonyl (C=O) groups excluding carboxylic acids is 2. The van der Waals surface area contributed by atoms with E-state index >= 15 is 0 Å². The number of amides is 2. The lowest BCUT2D eigenvalue weighted by Gasteiger charge is -2.05. The molecule has 92 valence electrons. The van der Waals surface area contributed by atoms with Crippen molar-refractivity contribution in [1.29, 1.82) is 0 Å². The smallest absolute Gasteiger partial charge is 0.329 e. The lowest BCUT2D eigenvalue weighted by molar-refractivity contribution is -0.139. The molecule has 0 saturated carbocycles. The standard InChI is InChI=1S/C11H15N3O2S/c1-7(2)13-10(15)11(16)14-12-6-9-8(3)4-5-17-9/h4-7H,1-3H3,(H,13,15)(H,14,16)/b12-6-. The van der Waals surface area contributed by atoms with E-state index in [1.54, 1.807) is 13.8 Å². The number of nitrogens with zero attached hydrogens (tertiary/aromatic N) is 1. The lowest BCUT2D eigenvalue weighted by atomic mass is 10.3. The van der Waals surface area contributed by atoms with E-state index < -0.39 is 11.8 Å². The second-order valence-corrected chi connectivity index (χ2v) is 4.74. The van der Waals surface area contributed by atoms with Crippen molar-refractivity contribution in [3.05, 3.63) is 21.9 Å². The Morgan fingerprint density at radius 3 is 2.65 bits per heavy atom. The summed E-state index contributed by atoms with van der Waals surface area (Å²) in [6.07, 6.45) is 1.53. The van der Waals surface area contributed by atoms with Gasteiger partial charge in [-0.25, -0.2) is 5.43 Å². The molecule has 1 rings (SSSR count). The van der Waals surface area contributed by atoms with Crippen LogP contribution in [0.5, 0.6) is 0 Å². The van der Waals surface area contributed by atoms with Gasteiger partial charge in [-0.1, -0.05) is 0 Å². The summed E-state index contributed by atoms with van der Waals surface area (Å²) in [5.41, 5.74) is 3.26. The highest BCUT2D eigenvalue weighted by Crippen LogP contribution is 2.12. The van der Waals surface area contributed by atoms with E-state index in [1.165, 1.54) is 17.6 Å². The first-order chi connectivity index (χ1) is 8.00. The van der Waals surface area contributed by atoms with Gasteiger partial charge < -0.3 is 5.32 Å². The molecule has 1 heterocycles. The minimum absolute atomic E-state index is 0.0724. The molecule has 0 bridgehead atoms. The zero-order valence-corrected chi connectivity index (χ0v) is 10.8. The van der Waals surface area contributed by atoms with Gasteiger partial charge in [0.05, 0.1) is 6.21 Å². The average molecular weight is 253 g/mol. The van der Waals surface area contributed by atoms with Crippen molar-refractivity contribution in [2.24, 2.45) is 5.10 Å². The van der Waals surface area contributed by atoms with Gasteiger partial charge >= 0.3 is 11.8 Å². The fraction of sp³-hybridized carbons (Fsp3) is 0.364. The third kappa shape index (κ3) is 4.36. The molecule has 0 saturated heterocycles. The van der Waals surface area contributed by atoms with Gasteiger partial charge in [-0.2, -0.15) is 5.10 Å². The molecular weight excluding hydrogens is 238 g/mol. The molecule has 0 spiro atoms. The molecule has 0 atom stereocenters. The summed E-state index contributed by atoms with van der Waals surface area (Å²) in [5.74, 6) is -1.44. The van der Waals surface area contributed by atoms with Gasteiger partial charge in [0.1, 0.15) is 0 Å². The van der Waals surface area contributed by atoms with Gasteiger partial charge in [-0.3, -0.25) is 9.59 Å². The SMILES string of the molecule is Cc1ccsc1/C=N\NC(=O)C(=O)NC(C)C. The van der Waals surface area contributed by atoms with E-state index in [-0.39, 0.29) is 6.04 Å². The summed E-state index contributed by atoms with van der Waals surface area (Å²) in [4.78, 5) is 23.4. The van der Waals surface area contributed by atoms with Crippen molar-refractivity contribution in [1.82, 2.24) is 10.7 Å². The van der Waals surface area contributed by atoms with Crippen LogP contribution in [-0.4, -0.2) is 24.1 Å². The van der Waals surface area contributed by atoms with Gasteiger partial charge in [0.25, 0.3) is 0 Å². The molecule has 0 radical (unpaired) electrons. The van der Waals surface area contributed by atoms with Gasteiger partial charge in [-0.15, -0.1) is 11.3 Å². The number of aryl methyl sites for hydroxylation is 1. The van der Waals surface area contributed by atoms with Crippen molar-refractivity contribution in [2.45, 2.75) is 26.8 Å². The predicted octanol–water partition coefficient (Wildman–Crippen LogP) is 1.03. The summed E-state index contributed by atoms with van der Waals surface area (Å²) in [5, 5.41) is 8.14. The number of rotatable bonds is 3. The first-order valence-electron chi connectivity index (χ1n) is 5.18. The molecule has 2 amide bonds. The summed E-state index contributed by atoms with van der Waals surface area (Å²) in [6.45, 7) is 5.51. The second kappa shape index (κ2) is 6.15. The van der Waals surface area contributed by atoms with Crippen LogP contribution in [0.4, 0.5) is 0 Å². The van der Waals surface area contributed by atoms with Crippen LogP contribution in [0.2, 0.25) is 0 Å². The number of carbonyl (C=O) groups is 2. The Balaban J connectivity index is 2.46. The Labute approximate surface area is 104 Å². The Bertz CT molecular complexity index is 438. The maximum absolute atomic E-state index is 11.3. The fourth-order valence-corrected chi connectivity index (χ4v) is 1.83.